The summed E-state index contributed by atoms with van der Waals surface area (Å²) in [6.45, 7) is 11.2. The van der Waals surface area contributed by atoms with Crippen molar-refractivity contribution in [3.8, 4) is 0 Å². The third kappa shape index (κ3) is 9.00. The van der Waals surface area contributed by atoms with Crippen molar-refractivity contribution in [3.63, 3.8) is 0 Å². The summed E-state index contributed by atoms with van der Waals surface area (Å²) in [5.41, 5.74) is 8.50. The van der Waals surface area contributed by atoms with Crippen LogP contribution in [0.25, 0.3) is 33.1 Å². The lowest BCUT2D eigenvalue weighted by molar-refractivity contribution is -0.0571. The molecule has 5 N–H and O–H groups in total. The molecule has 18 rings (SSSR count). The number of aromatic nitrogens is 6. The van der Waals surface area contributed by atoms with Crippen LogP contribution in [0.1, 0.15) is 162 Å². The Labute approximate surface area is 458 Å². The Balaban J connectivity index is 0.000000111. The highest BCUT2D eigenvalue weighted by atomic mass is 16.5. The predicted molar refractivity (Wildman–Crippen MR) is 304 cm³/mol. The van der Waals surface area contributed by atoms with Crippen LogP contribution in [0, 0.1) is 69.5 Å². The van der Waals surface area contributed by atoms with E-state index in [1.165, 1.54) is 111 Å². The Hall–Kier alpha value is -6.12. The molecule has 6 unspecified atom stereocenters. The molecule has 0 saturated heterocycles. The number of rotatable bonds is 10. The molecular formula is C63H81N9O6. The molecule has 12 bridgehead atoms. The van der Waals surface area contributed by atoms with Crippen molar-refractivity contribution in [1.82, 2.24) is 29.9 Å². The van der Waals surface area contributed by atoms with Crippen LogP contribution in [-0.4, -0.2) is 93.3 Å². The Morgan fingerprint density at radius 2 is 0.897 bits per heavy atom. The van der Waals surface area contributed by atoms with Gasteiger partial charge in [0.15, 0.2) is 0 Å². The first-order valence-corrected chi connectivity index (χ1v) is 29.5. The van der Waals surface area contributed by atoms with Gasteiger partial charge in [0.05, 0.1) is 37.4 Å². The van der Waals surface area contributed by atoms with Gasteiger partial charge in [0.1, 0.15) is 33.6 Å². The fourth-order valence-corrected chi connectivity index (χ4v) is 19.5. The number of ether oxygens (including phenoxy) is 3. The number of H-pyrrole nitrogens is 3. The van der Waals surface area contributed by atoms with E-state index in [-0.39, 0.29) is 24.0 Å². The number of carbonyl (C=O) groups excluding carboxylic acids is 3. The lowest BCUT2D eigenvalue weighted by atomic mass is 9.48. The number of fused-ring (bicyclic) bond motifs is 3. The van der Waals surface area contributed by atoms with Gasteiger partial charge in [-0.15, -0.1) is 0 Å². The van der Waals surface area contributed by atoms with Crippen molar-refractivity contribution in [3.05, 3.63) is 72.1 Å². The van der Waals surface area contributed by atoms with E-state index >= 15 is 0 Å². The molecule has 12 aliphatic carbocycles. The number of hydrogen-bond acceptors (Lipinski definition) is 12. The summed E-state index contributed by atoms with van der Waals surface area (Å²) in [7, 11) is 5.04. The van der Waals surface area contributed by atoms with E-state index in [9.17, 15) is 14.4 Å². The number of nitrogens with one attached hydrogen (secondary N) is 5. The van der Waals surface area contributed by atoms with Gasteiger partial charge in [-0.1, -0.05) is 20.8 Å². The normalized spacial score (nSPS) is 35.1. The summed E-state index contributed by atoms with van der Waals surface area (Å²) in [6.07, 6.45) is 30.6. The molecule has 0 spiro atoms. The number of nitrogens with zero attached hydrogens (tertiary/aromatic N) is 4. The van der Waals surface area contributed by atoms with Gasteiger partial charge in [-0.05, 0) is 198 Å². The van der Waals surface area contributed by atoms with E-state index in [1.54, 1.807) is 18.6 Å². The summed E-state index contributed by atoms with van der Waals surface area (Å²) < 4.78 is 15.6. The number of hydrogen-bond donors (Lipinski definition) is 5. The van der Waals surface area contributed by atoms with Gasteiger partial charge < -0.3 is 44.7 Å². The van der Waals surface area contributed by atoms with Gasteiger partial charge in [0, 0.05) is 78.5 Å². The van der Waals surface area contributed by atoms with E-state index in [2.05, 4.69) is 73.3 Å². The van der Waals surface area contributed by atoms with Crippen LogP contribution in [0.2, 0.25) is 0 Å². The highest BCUT2D eigenvalue weighted by Gasteiger charge is 2.56. The van der Waals surface area contributed by atoms with Crippen molar-refractivity contribution < 1.29 is 28.6 Å². The standard InChI is InChI=1S/C22H29N3O2.C21H27N3O2.C20H25N3O2/c1-12(2)27-21(26)17-11-24-20-16(4-5-23-20)19(17)25-18-14-6-13-7-15(18)10-22(3,8-13)9-14;1-21-8-12-6-13(9-21)17(14(7-12)10-21)24(2)18-15-4-5-22-19(15)23-11-16(18)20(25)26-3;1-20-7-11-5-12(8-20)16(13(6-11)9-20)23-17-14-3-4-21-18(14)22-10-15(17)19(24)25-2/h4-5,11-15,18H,6-10H2,1-3H3,(H2,23,24,25);4-5,11-14,17H,6-10H2,1-3H3,(H,22,23);3-4,10-13,16H,5-9H2,1-2H3,(H2,21,22,23). The molecule has 12 fully saturated rings. The number of carbonyl (C=O) groups is 3. The molecular weight excluding hydrogens is 979 g/mol. The summed E-state index contributed by atoms with van der Waals surface area (Å²) in [5, 5.41) is 10.6. The minimum Gasteiger partial charge on any atom is -0.465 e. The molecule has 15 nitrogen and oxygen atoms in total. The zero-order valence-corrected chi connectivity index (χ0v) is 47.0. The fourth-order valence-electron chi connectivity index (χ4n) is 19.5. The van der Waals surface area contributed by atoms with Crippen molar-refractivity contribution in [2.45, 2.75) is 155 Å². The maximum Gasteiger partial charge on any atom is 0.342 e. The van der Waals surface area contributed by atoms with Crippen LogP contribution < -0.4 is 15.5 Å². The van der Waals surface area contributed by atoms with Gasteiger partial charge in [-0.3, -0.25) is 0 Å². The second-order valence-electron chi connectivity index (χ2n) is 27.6. The van der Waals surface area contributed by atoms with Gasteiger partial charge in [-0.25, -0.2) is 29.3 Å². The first-order valence-electron chi connectivity index (χ1n) is 29.5. The van der Waals surface area contributed by atoms with Crippen LogP contribution in [0.15, 0.2) is 55.4 Å². The molecule has 6 aromatic heterocycles. The van der Waals surface area contributed by atoms with E-state index < -0.39 is 0 Å². The zero-order chi connectivity index (χ0) is 54.0. The summed E-state index contributed by atoms with van der Waals surface area (Å²) >= 11 is 0. The third-order valence-electron chi connectivity index (χ3n) is 21.2. The Morgan fingerprint density at radius 3 is 1.31 bits per heavy atom. The first kappa shape index (κ1) is 51.3. The van der Waals surface area contributed by atoms with Crippen LogP contribution in [-0.2, 0) is 14.2 Å². The van der Waals surface area contributed by atoms with Crippen molar-refractivity contribution >= 4 is 68.1 Å². The SMILES string of the molecule is CC(C)OC(=O)c1cnc2[nH]ccc2c1NC1C2CC3CC1CC(C)(C3)C2.COC(=O)c1cnc2[nH]ccc2c1N(C)C1C2CC3CC1CC(C)(C3)C2.COC(=O)c1cnc2[nH]ccc2c1NC1C2CC3CC1CC(C)(C3)C2. The van der Waals surface area contributed by atoms with E-state index in [4.69, 9.17) is 14.2 Å². The highest BCUT2D eigenvalue weighted by Crippen LogP contribution is 2.63. The van der Waals surface area contributed by atoms with Crippen molar-refractivity contribution in [2.75, 3.05) is 36.8 Å². The van der Waals surface area contributed by atoms with Crippen LogP contribution in [0.4, 0.5) is 17.1 Å². The first-order chi connectivity index (χ1) is 37.5. The second kappa shape index (κ2) is 19.3. The van der Waals surface area contributed by atoms with Gasteiger partial charge >= 0.3 is 17.9 Å². The molecule has 6 aromatic rings. The molecule has 15 heteroatoms. The Kier molecular flexibility index (Phi) is 12.7. The molecule has 6 heterocycles. The Bertz CT molecular complexity index is 3240. The molecule has 12 saturated carbocycles. The number of methoxy groups -OCH3 is 2. The maximum atomic E-state index is 12.7. The van der Waals surface area contributed by atoms with Crippen molar-refractivity contribution in [2.24, 2.45) is 69.5 Å². The van der Waals surface area contributed by atoms with Gasteiger partial charge in [0.25, 0.3) is 0 Å². The number of anilines is 3. The molecule has 0 amide bonds. The quantitative estimate of drug-likeness (QED) is 0.0645. The molecule has 12 aliphatic rings. The Morgan fingerprint density at radius 1 is 0.538 bits per heavy atom. The largest absolute Gasteiger partial charge is 0.465 e. The molecule has 6 atom stereocenters. The van der Waals surface area contributed by atoms with Crippen LogP contribution in [0.3, 0.4) is 0 Å². The minimum absolute atomic E-state index is 0.145. The van der Waals surface area contributed by atoms with E-state index in [0.29, 0.717) is 74.7 Å². The third-order valence-corrected chi connectivity index (χ3v) is 21.2. The van der Waals surface area contributed by atoms with Gasteiger partial charge in [0.2, 0.25) is 0 Å². The highest BCUT2D eigenvalue weighted by molar-refractivity contribution is 6.06. The summed E-state index contributed by atoms with van der Waals surface area (Å²) in [5.74, 6) is 6.08. The average Bonchev–Trinajstić information content (AvgIpc) is 4.21. The number of esters is 3. The second-order valence-corrected chi connectivity index (χ2v) is 27.6. The summed E-state index contributed by atoms with van der Waals surface area (Å²) in [6, 6.07) is 7.43. The van der Waals surface area contributed by atoms with E-state index in [0.717, 1.165) is 79.8 Å². The smallest absolute Gasteiger partial charge is 0.342 e. The lowest BCUT2D eigenvalue weighted by Gasteiger charge is -2.61. The number of pyridine rings is 3. The van der Waals surface area contributed by atoms with Crippen molar-refractivity contribution in [1.29, 1.82) is 0 Å². The number of aromatic amines is 3. The topological polar surface area (TPSA) is 192 Å². The predicted octanol–water partition coefficient (Wildman–Crippen LogP) is 12.7. The average molecular weight is 1060 g/mol. The summed E-state index contributed by atoms with van der Waals surface area (Å²) in [4.78, 5) is 62.6. The molecule has 0 radical (unpaired) electrons. The fraction of sp³-hybridized carbons (Fsp3) is 0.619. The molecule has 0 aromatic carbocycles. The van der Waals surface area contributed by atoms with Gasteiger partial charge in [-0.2, -0.15) is 0 Å². The van der Waals surface area contributed by atoms with Crippen LogP contribution in [0.5, 0.6) is 0 Å². The van der Waals surface area contributed by atoms with E-state index in [1.807, 2.05) is 50.6 Å². The maximum absolute atomic E-state index is 12.7. The van der Waals surface area contributed by atoms with Crippen LogP contribution >= 0.6 is 0 Å². The lowest BCUT2D eigenvalue weighted by Crippen LogP contribution is -2.58. The molecule has 0 aliphatic heterocycles. The molecule has 78 heavy (non-hydrogen) atoms. The zero-order valence-electron chi connectivity index (χ0n) is 47.0. The molecule has 414 valence electrons. The monoisotopic (exact) mass is 1060 g/mol. The minimum atomic E-state index is -0.325.